The van der Waals surface area contributed by atoms with Gasteiger partial charge in [-0.15, -0.1) is 0 Å². The fourth-order valence-electron chi connectivity index (χ4n) is 0.564. The molecule has 0 saturated heterocycles. The molecule has 0 bridgehead atoms. The molecule has 0 aliphatic rings. The van der Waals surface area contributed by atoms with Gasteiger partial charge in [-0.1, -0.05) is 13.8 Å². The number of ether oxygens (including phenoxy) is 1. The van der Waals surface area contributed by atoms with Gasteiger partial charge in [0, 0.05) is 6.61 Å². The van der Waals surface area contributed by atoms with Crippen molar-refractivity contribution < 1.29 is 4.74 Å². The molecule has 0 aliphatic heterocycles. The van der Waals surface area contributed by atoms with Gasteiger partial charge in [-0.05, 0) is 26.3 Å². The van der Waals surface area contributed by atoms with Crippen LogP contribution in [0.5, 0.6) is 0 Å². The number of nitrogens with one attached hydrogen (secondary N) is 1. The van der Waals surface area contributed by atoms with Gasteiger partial charge in [0.2, 0.25) is 0 Å². The van der Waals surface area contributed by atoms with Gasteiger partial charge >= 0.3 is 0 Å². The largest absolute Gasteiger partial charge is 0.364 e. The van der Waals surface area contributed by atoms with Crippen LogP contribution in [-0.4, -0.2) is 19.9 Å². The van der Waals surface area contributed by atoms with E-state index in [0.29, 0.717) is 0 Å². The Hall–Kier alpha value is -0.0800. The molecule has 0 heterocycles. The minimum absolute atomic E-state index is 0.193. The third-order valence-corrected chi connectivity index (χ3v) is 1.47. The summed E-state index contributed by atoms with van der Waals surface area (Å²) in [5.41, 5.74) is 0. The molecular formula is C8H19NO. The summed E-state index contributed by atoms with van der Waals surface area (Å²) in [6.07, 6.45) is 1.34. The fraction of sp³-hybridized carbons (Fsp3) is 1.00. The molecule has 0 aliphatic carbocycles. The maximum Gasteiger partial charge on any atom is 0.105 e. The van der Waals surface area contributed by atoms with Gasteiger partial charge in [0.25, 0.3) is 0 Å². The molecule has 0 fully saturated rings. The van der Waals surface area contributed by atoms with Crippen LogP contribution in [0.3, 0.4) is 0 Å². The first kappa shape index (κ1) is 9.92. The van der Waals surface area contributed by atoms with Gasteiger partial charge in [0.05, 0.1) is 0 Å². The molecule has 0 aromatic carbocycles. The summed E-state index contributed by atoms with van der Waals surface area (Å²) in [5, 5.41) is 3.02. The molecule has 2 nitrogen and oxygen atoms in total. The molecule has 0 aromatic heterocycles. The SMILES string of the molecule is CNC(C)OCCC(C)C. The number of hydrogen-bond acceptors (Lipinski definition) is 2. The first-order valence-corrected chi connectivity index (χ1v) is 3.95. The third-order valence-electron chi connectivity index (χ3n) is 1.47. The highest BCUT2D eigenvalue weighted by atomic mass is 16.5. The van der Waals surface area contributed by atoms with Crippen molar-refractivity contribution in [3.05, 3.63) is 0 Å². The van der Waals surface area contributed by atoms with Crippen LogP contribution in [0.4, 0.5) is 0 Å². The summed E-state index contributed by atoms with van der Waals surface area (Å²) >= 11 is 0. The zero-order chi connectivity index (χ0) is 7.98. The summed E-state index contributed by atoms with van der Waals surface area (Å²) in [4.78, 5) is 0. The highest BCUT2D eigenvalue weighted by Gasteiger charge is 1.97. The molecule has 62 valence electrons. The Balaban J connectivity index is 3.03. The molecule has 0 aromatic rings. The lowest BCUT2D eigenvalue weighted by Gasteiger charge is -2.12. The minimum Gasteiger partial charge on any atom is -0.364 e. The second-order valence-corrected chi connectivity index (χ2v) is 2.98. The smallest absolute Gasteiger partial charge is 0.105 e. The maximum absolute atomic E-state index is 5.39. The molecule has 0 spiro atoms. The van der Waals surface area contributed by atoms with Crippen molar-refractivity contribution in [1.82, 2.24) is 5.32 Å². The molecule has 0 amide bonds. The Labute approximate surface area is 64.0 Å². The highest BCUT2D eigenvalue weighted by molar-refractivity contribution is 4.45. The standard InChI is InChI=1S/C8H19NO/c1-7(2)5-6-10-8(3)9-4/h7-9H,5-6H2,1-4H3. The van der Waals surface area contributed by atoms with E-state index in [2.05, 4.69) is 19.2 Å². The zero-order valence-corrected chi connectivity index (χ0v) is 7.48. The lowest BCUT2D eigenvalue weighted by atomic mass is 10.1. The molecular weight excluding hydrogens is 126 g/mol. The van der Waals surface area contributed by atoms with E-state index >= 15 is 0 Å². The molecule has 1 unspecified atom stereocenters. The van der Waals surface area contributed by atoms with Crippen LogP contribution in [-0.2, 0) is 4.74 Å². The molecule has 2 heteroatoms. The van der Waals surface area contributed by atoms with Crippen LogP contribution in [0.25, 0.3) is 0 Å². The van der Waals surface area contributed by atoms with Crippen LogP contribution in [0.15, 0.2) is 0 Å². The van der Waals surface area contributed by atoms with Crippen molar-refractivity contribution >= 4 is 0 Å². The van der Waals surface area contributed by atoms with E-state index in [4.69, 9.17) is 4.74 Å². The molecule has 0 saturated carbocycles. The summed E-state index contributed by atoms with van der Waals surface area (Å²) in [5.74, 6) is 0.740. The van der Waals surface area contributed by atoms with Crippen LogP contribution in [0.1, 0.15) is 27.2 Å². The molecule has 0 radical (unpaired) electrons. The van der Waals surface area contributed by atoms with Gasteiger partial charge in [-0.25, -0.2) is 0 Å². The first-order chi connectivity index (χ1) is 4.66. The van der Waals surface area contributed by atoms with Crippen LogP contribution in [0, 0.1) is 5.92 Å². The summed E-state index contributed by atoms with van der Waals surface area (Å²) in [7, 11) is 1.90. The van der Waals surface area contributed by atoms with E-state index in [9.17, 15) is 0 Å². The van der Waals surface area contributed by atoms with E-state index < -0.39 is 0 Å². The van der Waals surface area contributed by atoms with Gasteiger partial charge in [0.1, 0.15) is 6.23 Å². The topological polar surface area (TPSA) is 21.3 Å². The quantitative estimate of drug-likeness (QED) is 0.593. The fourth-order valence-corrected chi connectivity index (χ4v) is 0.564. The number of rotatable bonds is 5. The number of hydrogen-bond donors (Lipinski definition) is 1. The lowest BCUT2D eigenvalue weighted by molar-refractivity contribution is 0.0418. The predicted octanol–water partition coefficient (Wildman–Crippen LogP) is 1.61. The molecule has 10 heavy (non-hydrogen) atoms. The lowest BCUT2D eigenvalue weighted by Crippen LogP contribution is -2.25. The van der Waals surface area contributed by atoms with E-state index in [1.54, 1.807) is 0 Å². The van der Waals surface area contributed by atoms with Crippen LogP contribution in [0.2, 0.25) is 0 Å². The van der Waals surface area contributed by atoms with Crippen LogP contribution >= 0.6 is 0 Å². The first-order valence-electron chi connectivity index (χ1n) is 3.95. The highest BCUT2D eigenvalue weighted by Crippen LogP contribution is 1.99. The monoisotopic (exact) mass is 145 g/mol. The molecule has 1 N–H and O–H groups in total. The maximum atomic E-state index is 5.39. The van der Waals surface area contributed by atoms with Crippen molar-refractivity contribution in [2.24, 2.45) is 5.92 Å². The van der Waals surface area contributed by atoms with E-state index in [1.165, 1.54) is 0 Å². The van der Waals surface area contributed by atoms with Crippen molar-refractivity contribution in [3.8, 4) is 0 Å². The second kappa shape index (κ2) is 5.69. The Morgan fingerprint density at radius 2 is 1.90 bits per heavy atom. The predicted molar refractivity (Wildman–Crippen MR) is 43.9 cm³/mol. The Morgan fingerprint density at radius 3 is 2.30 bits per heavy atom. The minimum atomic E-state index is 0.193. The van der Waals surface area contributed by atoms with Crippen LogP contribution < -0.4 is 5.32 Å². The van der Waals surface area contributed by atoms with E-state index in [-0.39, 0.29) is 6.23 Å². The van der Waals surface area contributed by atoms with Gasteiger partial charge < -0.3 is 4.74 Å². The van der Waals surface area contributed by atoms with Crippen molar-refractivity contribution in [1.29, 1.82) is 0 Å². The second-order valence-electron chi connectivity index (χ2n) is 2.98. The Morgan fingerprint density at radius 1 is 1.30 bits per heavy atom. The van der Waals surface area contributed by atoms with Gasteiger partial charge in [-0.2, -0.15) is 0 Å². The summed E-state index contributed by atoms with van der Waals surface area (Å²) in [6.45, 7) is 7.28. The Kier molecular flexibility index (Phi) is 5.64. The molecule has 0 rings (SSSR count). The zero-order valence-electron chi connectivity index (χ0n) is 7.48. The molecule has 1 atom stereocenters. The van der Waals surface area contributed by atoms with E-state index in [1.807, 2.05) is 14.0 Å². The summed E-state index contributed by atoms with van der Waals surface area (Å²) in [6, 6.07) is 0. The van der Waals surface area contributed by atoms with Crippen molar-refractivity contribution in [2.45, 2.75) is 33.4 Å². The van der Waals surface area contributed by atoms with Crippen molar-refractivity contribution in [3.63, 3.8) is 0 Å². The summed E-state index contributed by atoms with van der Waals surface area (Å²) < 4.78 is 5.39. The van der Waals surface area contributed by atoms with Gasteiger partial charge in [-0.3, -0.25) is 5.32 Å². The average Bonchev–Trinajstić information content (AvgIpc) is 1.87. The Bertz CT molecular complexity index is 73.7. The average molecular weight is 145 g/mol. The van der Waals surface area contributed by atoms with Gasteiger partial charge in [0.15, 0.2) is 0 Å². The van der Waals surface area contributed by atoms with Crippen molar-refractivity contribution in [2.75, 3.05) is 13.7 Å². The normalized spacial score (nSPS) is 14.1. The third kappa shape index (κ3) is 6.05. The van der Waals surface area contributed by atoms with E-state index in [0.717, 1.165) is 18.9 Å².